The fourth-order valence-electron chi connectivity index (χ4n) is 2.35. The van der Waals surface area contributed by atoms with Crippen LogP contribution in [0.2, 0.25) is 0 Å². The highest BCUT2D eigenvalue weighted by molar-refractivity contribution is 8.26. The second-order valence-electron chi connectivity index (χ2n) is 5.40. The number of phenolic OH excluding ortho intramolecular Hbond substituents is 1. The second kappa shape index (κ2) is 8.24. The summed E-state index contributed by atoms with van der Waals surface area (Å²) >= 11 is 6.39. The summed E-state index contributed by atoms with van der Waals surface area (Å²) in [5.74, 6) is 0.958. The fraction of sp³-hybridized carbons (Fsp3) is 0.105. The van der Waals surface area contributed by atoms with Gasteiger partial charge in [0.05, 0.1) is 25.3 Å². The zero-order valence-corrected chi connectivity index (χ0v) is 16.2. The molecule has 1 saturated heterocycles. The van der Waals surface area contributed by atoms with Gasteiger partial charge >= 0.3 is 0 Å². The number of benzene rings is 2. The van der Waals surface area contributed by atoms with Crippen molar-refractivity contribution in [2.24, 2.45) is 5.10 Å². The van der Waals surface area contributed by atoms with E-state index in [-0.39, 0.29) is 11.7 Å². The van der Waals surface area contributed by atoms with Gasteiger partial charge in [-0.1, -0.05) is 30.0 Å². The van der Waals surface area contributed by atoms with Gasteiger partial charge in [-0.15, -0.1) is 0 Å². The topological polar surface area (TPSA) is 71.4 Å². The van der Waals surface area contributed by atoms with Gasteiger partial charge < -0.3 is 14.6 Å². The zero-order valence-electron chi connectivity index (χ0n) is 14.6. The summed E-state index contributed by atoms with van der Waals surface area (Å²) in [4.78, 5) is 13.0. The van der Waals surface area contributed by atoms with Crippen LogP contribution in [0.5, 0.6) is 17.2 Å². The molecule has 0 aliphatic carbocycles. The van der Waals surface area contributed by atoms with Crippen LogP contribution in [0.25, 0.3) is 6.08 Å². The smallest absolute Gasteiger partial charge is 0.286 e. The van der Waals surface area contributed by atoms with Crippen LogP contribution in [0.15, 0.2) is 52.5 Å². The number of carbonyl (C=O) groups excluding carboxylic acids is 1. The normalized spacial score (nSPS) is 15.8. The van der Waals surface area contributed by atoms with E-state index in [0.29, 0.717) is 31.9 Å². The minimum absolute atomic E-state index is 0.0919. The number of phenols is 1. The van der Waals surface area contributed by atoms with Crippen molar-refractivity contribution in [2.45, 2.75) is 0 Å². The number of hydrazone groups is 1. The van der Waals surface area contributed by atoms with Gasteiger partial charge in [0.2, 0.25) is 0 Å². The molecule has 1 aliphatic rings. The van der Waals surface area contributed by atoms with Crippen molar-refractivity contribution < 1.29 is 19.4 Å². The number of hydrogen-bond donors (Lipinski definition) is 1. The quantitative estimate of drug-likeness (QED) is 0.469. The summed E-state index contributed by atoms with van der Waals surface area (Å²) in [7, 11) is 3.11. The predicted octanol–water partition coefficient (Wildman–Crippen LogP) is 3.64. The van der Waals surface area contributed by atoms with Gasteiger partial charge in [-0.05, 0) is 36.5 Å². The Kier molecular flexibility index (Phi) is 5.78. The first-order valence-electron chi connectivity index (χ1n) is 7.85. The van der Waals surface area contributed by atoms with Crippen LogP contribution in [0.4, 0.5) is 0 Å². The van der Waals surface area contributed by atoms with Crippen molar-refractivity contribution in [3.63, 3.8) is 0 Å². The average molecular weight is 400 g/mol. The maximum atomic E-state index is 12.6. The Morgan fingerprint density at radius 2 is 1.93 bits per heavy atom. The van der Waals surface area contributed by atoms with Crippen LogP contribution in [-0.4, -0.2) is 40.8 Å². The Morgan fingerprint density at radius 1 is 1.15 bits per heavy atom. The number of rotatable bonds is 5. The summed E-state index contributed by atoms with van der Waals surface area (Å²) in [5, 5.41) is 15.2. The van der Waals surface area contributed by atoms with E-state index in [4.69, 9.17) is 21.7 Å². The third kappa shape index (κ3) is 4.12. The van der Waals surface area contributed by atoms with Crippen molar-refractivity contribution in [3.05, 3.63) is 58.5 Å². The van der Waals surface area contributed by atoms with Crippen LogP contribution >= 0.6 is 24.0 Å². The van der Waals surface area contributed by atoms with E-state index in [1.54, 1.807) is 62.8 Å². The number of hydrogen-bond acceptors (Lipinski definition) is 7. The molecule has 3 rings (SSSR count). The molecule has 27 heavy (non-hydrogen) atoms. The molecule has 8 heteroatoms. The fourth-order valence-corrected chi connectivity index (χ4v) is 3.52. The molecule has 0 saturated carbocycles. The van der Waals surface area contributed by atoms with E-state index in [1.807, 2.05) is 0 Å². The Hall–Kier alpha value is -2.84. The van der Waals surface area contributed by atoms with Crippen LogP contribution < -0.4 is 9.47 Å². The number of methoxy groups -OCH3 is 2. The second-order valence-corrected chi connectivity index (χ2v) is 7.08. The molecule has 6 nitrogen and oxygen atoms in total. The van der Waals surface area contributed by atoms with Crippen LogP contribution in [0, 0.1) is 0 Å². The van der Waals surface area contributed by atoms with Crippen LogP contribution in [0.3, 0.4) is 0 Å². The first-order chi connectivity index (χ1) is 13.0. The molecule has 2 aromatic rings. The summed E-state index contributed by atoms with van der Waals surface area (Å²) in [6.45, 7) is 0. The maximum Gasteiger partial charge on any atom is 0.286 e. The molecular weight excluding hydrogens is 384 g/mol. The van der Waals surface area contributed by atoms with Crippen LogP contribution in [0.1, 0.15) is 11.1 Å². The molecule has 1 fully saturated rings. The molecule has 0 atom stereocenters. The molecule has 1 aliphatic heterocycles. The largest absolute Gasteiger partial charge is 0.507 e. The average Bonchev–Trinajstić information content (AvgIpc) is 2.94. The highest BCUT2D eigenvalue weighted by atomic mass is 32.2. The number of amides is 1. The first-order valence-corrected chi connectivity index (χ1v) is 9.08. The summed E-state index contributed by atoms with van der Waals surface area (Å²) in [6.07, 6.45) is 3.10. The number of ether oxygens (including phenoxy) is 2. The Morgan fingerprint density at radius 3 is 2.63 bits per heavy atom. The molecule has 0 aromatic heterocycles. The molecule has 0 unspecified atom stereocenters. The van der Waals surface area contributed by atoms with Crippen LogP contribution in [-0.2, 0) is 4.79 Å². The molecule has 0 bridgehead atoms. The van der Waals surface area contributed by atoms with Gasteiger partial charge in [-0.2, -0.15) is 10.1 Å². The van der Waals surface area contributed by atoms with E-state index >= 15 is 0 Å². The number of para-hydroxylation sites is 1. The number of thioether (sulfide) groups is 1. The molecule has 1 heterocycles. The standard InChI is InChI=1S/C19H16N2O4S2/c1-24-14-8-7-13(16(10-14)25-2)11-20-21-18(23)17(27-19(21)26)9-12-5-3-4-6-15(12)22/h3-11,22H,1-2H3/b17-9+,20-11+. The van der Waals surface area contributed by atoms with Gasteiger partial charge in [0.25, 0.3) is 5.91 Å². The monoisotopic (exact) mass is 400 g/mol. The highest BCUT2D eigenvalue weighted by Crippen LogP contribution is 2.34. The van der Waals surface area contributed by atoms with E-state index in [1.165, 1.54) is 6.21 Å². The molecule has 1 N–H and O–H groups in total. The number of thiocarbonyl (C=S) groups is 1. The highest BCUT2D eigenvalue weighted by Gasteiger charge is 2.32. The molecule has 0 spiro atoms. The number of carbonyl (C=O) groups is 1. The molecule has 0 radical (unpaired) electrons. The molecular formula is C19H16N2O4S2. The summed E-state index contributed by atoms with van der Waals surface area (Å²) in [5.41, 5.74) is 1.22. The van der Waals surface area contributed by atoms with Crippen molar-refractivity contribution in [2.75, 3.05) is 14.2 Å². The number of nitrogens with zero attached hydrogens (tertiary/aromatic N) is 2. The Labute approximate surface area is 166 Å². The lowest BCUT2D eigenvalue weighted by molar-refractivity contribution is -0.122. The van der Waals surface area contributed by atoms with Gasteiger partial charge in [0, 0.05) is 17.2 Å². The molecule has 1 amide bonds. The van der Waals surface area contributed by atoms with E-state index in [9.17, 15) is 9.90 Å². The van der Waals surface area contributed by atoms with Crippen molar-refractivity contribution in [1.29, 1.82) is 0 Å². The van der Waals surface area contributed by atoms with Crippen molar-refractivity contribution in [3.8, 4) is 17.2 Å². The molecule has 138 valence electrons. The maximum absolute atomic E-state index is 12.6. The van der Waals surface area contributed by atoms with Gasteiger partial charge in [0.1, 0.15) is 17.2 Å². The van der Waals surface area contributed by atoms with E-state index in [0.717, 1.165) is 16.8 Å². The lowest BCUT2D eigenvalue weighted by Crippen LogP contribution is -2.22. The van der Waals surface area contributed by atoms with Gasteiger partial charge in [-0.25, -0.2) is 0 Å². The Balaban J connectivity index is 1.84. The van der Waals surface area contributed by atoms with E-state index in [2.05, 4.69) is 5.10 Å². The minimum atomic E-state index is -0.350. The molecule has 2 aromatic carbocycles. The van der Waals surface area contributed by atoms with Crippen molar-refractivity contribution in [1.82, 2.24) is 5.01 Å². The first kappa shape index (κ1) is 18.9. The summed E-state index contributed by atoms with van der Waals surface area (Å²) in [6, 6.07) is 12.0. The Bertz CT molecular complexity index is 956. The third-order valence-corrected chi connectivity index (χ3v) is 5.03. The summed E-state index contributed by atoms with van der Waals surface area (Å²) < 4.78 is 10.8. The van der Waals surface area contributed by atoms with Gasteiger partial charge in [-0.3, -0.25) is 4.79 Å². The lowest BCUT2D eigenvalue weighted by Gasteiger charge is -2.09. The van der Waals surface area contributed by atoms with E-state index < -0.39 is 0 Å². The third-order valence-electron chi connectivity index (χ3n) is 3.75. The van der Waals surface area contributed by atoms with Crippen molar-refractivity contribution >= 4 is 46.5 Å². The number of aromatic hydroxyl groups is 1. The van der Waals surface area contributed by atoms with Gasteiger partial charge in [0.15, 0.2) is 4.32 Å². The SMILES string of the molecule is COc1ccc(/C=N/N2C(=O)/C(=C\c3ccccc3O)SC2=S)c(OC)c1. The predicted molar refractivity (Wildman–Crippen MR) is 110 cm³/mol. The zero-order chi connectivity index (χ0) is 19.4. The minimum Gasteiger partial charge on any atom is -0.507 e. The lowest BCUT2D eigenvalue weighted by atomic mass is 10.2.